The van der Waals surface area contributed by atoms with Gasteiger partial charge in [0.05, 0.1) is 17.8 Å². The van der Waals surface area contributed by atoms with Gasteiger partial charge in [0, 0.05) is 37.7 Å². The molecule has 3 N–H and O–H groups in total. The second kappa shape index (κ2) is 11.1. The van der Waals surface area contributed by atoms with Crippen LogP contribution in [0.15, 0.2) is 58.5 Å². The molecule has 3 aromatic carbocycles. The maximum absolute atomic E-state index is 13.2. The summed E-state index contributed by atoms with van der Waals surface area (Å²) in [5.41, 5.74) is 4.91. The molecule has 6 aromatic rings. The average molecular weight is 618 g/mol. The van der Waals surface area contributed by atoms with E-state index in [2.05, 4.69) is 46.3 Å². The van der Waals surface area contributed by atoms with E-state index in [0.29, 0.717) is 17.0 Å². The van der Waals surface area contributed by atoms with Crippen LogP contribution in [0.1, 0.15) is 55.7 Å². The third-order valence-electron chi connectivity index (χ3n) is 8.33. The zero-order valence-electron chi connectivity index (χ0n) is 25.0. The van der Waals surface area contributed by atoms with Gasteiger partial charge in [-0.25, -0.2) is 14.6 Å². The van der Waals surface area contributed by atoms with Gasteiger partial charge < -0.3 is 15.5 Å². The Bertz CT molecular complexity index is 2230. The minimum atomic E-state index is -0.599. The lowest BCUT2D eigenvalue weighted by atomic mass is 9.97. The molecule has 1 aliphatic carbocycles. The van der Waals surface area contributed by atoms with E-state index in [4.69, 9.17) is 0 Å². The van der Waals surface area contributed by atoms with Crippen LogP contribution in [-0.4, -0.2) is 66.3 Å². The minimum Gasteiger partial charge on any atom is -0.373 e. The number of fused-ring (bicyclic) bond motifs is 2. The topological polar surface area (TPSA) is 194 Å². The smallest absolute Gasteiger partial charge is 0.270 e. The first-order chi connectivity index (χ1) is 22.2. The Balaban J connectivity index is 1.04. The molecule has 0 spiro atoms. The molecule has 230 valence electrons. The fraction of sp³-hybridized carbons (Fsp3) is 0.226. The van der Waals surface area contributed by atoms with Gasteiger partial charge in [-0.3, -0.25) is 19.2 Å². The average Bonchev–Trinajstić information content (AvgIpc) is 3.83. The summed E-state index contributed by atoms with van der Waals surface area (Å²) >= 11 is 0. The number of nitrogens with zero attached hydrogens (tertiary/aromatic N) is 8. The molecule has 15 nitrogen and oxygen atoms in total. The standard InChI is InChI=1S/C31H27N11O4/c1-15-18-8-9-21(20(18)7-6-19(15)29-37-39-40-38-29)36-31(46)23-11-22(33-14-34-23)30(45)32-12-16-4-5-17-13-35-42(24(17)10-16)26-25(41(2)3)27(43)28(26)44/h4-7,10-11,13-14,21H,8-9,12H2,1-3H3,(H,32,45)(H,36,46)(H,37,38,39,40)/t21-/m0/s1. The third kappa shape index (κ3) is 4.77. The Hall–Kier alpha value is -6.12. The van der Waals surface area contributed by atoms with Gasteiger partial charge in [-0.15, -0.1) is 10.2 Å². The van der Waals surface area contributed by atoms with Crippen LogP contribution in [0.25, 0.3) is 28.0 Å². The van der Waals surface area contributed by atoms with E-state index in [0.717, 1.165) is 46.0 Å². The molecule has 0 radical (unpaired) electrons. The van der Waals surface area contributed by atoms with E-state index in [-0.39, 0.29) is 29.7 Å². The fourth-order valence-electron chi connectivity index (χ4n) is 5.99. The monoisotopic (exact) mass is 617 g/mol. The summed E-state index contributed by atoms with van der Waals surface area (Å²) in [5.74, 6) is -0.382. The molecule has 0 aliphatic heterocycles. The second-order valence-corrected chi connectivity index (χ2v) is 11.3. The van der Waals surface area contributed by atoms with E-state index in [9.17, 15) is 19.2 Å². The Kier molecular flexibility index (Phi) is 6.91. The maximum Gasteiger partial charge on any atom is 0.270 e. The molecule has 0 unspecified atom stereocenters. The number of amides is 2. The van der Waals surface area contributed by atoms with Gasteiger partial charge in [-0.05, 0) is 53.3 Å². The zero-order valence-corrected chi connectivity index (χ0v) is 25.0. The summed E-state index contributed by atoms with van der Waals surface area (Å²) in [4.78, 5) is 60.5. The van der Waals surface area contributed by atoms with Crippen molar-refractivity contribution in [3.05, 3.63) is 103 Å². The first-order valence-electron chi connectivity index (χ1n) is 14.5. The van der Waals surface area contributed by atoms with Crippen LogP contribution in [0.2, 0.25) is 0 Å². The number of hydrogen-bond donors (Lipinski definition) is 3. The Morgan fingerprint density at radius 3 is 2.61 bits per heavy atom. The number of hydrogen-bond acceptors (Lipinski definition) is 11. The number of benzene rings is 2. The number of carbonyl (C=O) groups excluding carboxylic acids is 2. The number of tetrazole rings is 1. The summed E-state index contributed by atoms with van der Waals surface area (Å²) in [6, 6.07) is 10.5. The highest BCUT2D eigenvalue weighted by molar-refractivity contribution is 5.97. The summed E-state index contributed by atoms with van der Waals surface area (Å²) in [6.07, 6.45) is 4.30. The molecule has 0 bridgehead atoms. The molecule has 0 saturated carbocycles. The highest BCUT2D eigenvalue weighted by Crippen LogP contribution is 2.37. The Morgan fingerprint density at radius 1 is 1.04 bits per heavy atom. The largest absolute Gasteiger partial charge is 0.373 e. The molecule has 3 aromatic heterocycles. The molecule has 7 rings (SSSR count). The van der Waals surface area contributed by atoms with E-state index >= 15 is 0 Å². The van der Waals surface area contributed by atoms with E-state index < -0.39 is 22.7 Å². The van der Waals surface area contributed by atoms with Gasteiger partial charge in [0.15, 0.2) is 0 Å². The van der Waals surface area contributed by atoms with Crippen molar-refractivity contribution in [1.82, 2.24) is 51.0 Å². The lowest BCUT2D eigenvalue weighted by Gasteiger charge is -2.18. The number of rotatable bonds is 8. The molecular weight excluding hydrogens is 590 g/mol. The number of H-pyrrole nitrogens is 1. The molecule has 1 aliphatic rings. The number of carbonyl (C=O) groups is 2. The van der Waals surface area contributed by atoms with Gasteiger partial charge in [0.25, 0.3) is 22.7 Å². The lowest BCUT2D eigenvalue weighted by molar-refractivity contribution is 0.0931. The van der Waals surface area contributed by atoms with Crippen molar-refractivity contribution in [3.8, 4) is 17.1 Å². The van der Waals surface area contributed by atoms with Crippen LogP contribution in [0, 0.1) is 6.92 Å². The van der Waals surface area contributed by atoms with Gasteiger partial charge in [-0.1, -0.05) is 24.3 Å². The zero-order chi connectivity index (χ0) is 32.1. The Labute approximate surface area is 260 Å². The molecule has 0 saturated heterocycles. The lowest BCUT2D eigenvalue weighted by Crippen LogP contribution is -2.41. The fourth-order valence-corrected chi connectivity index (χ4v) is 5.99. The van der Waals surface area contributed by atoms with Gasteiger partial charge in [0.2, 0.25) is 5.82 Å². The highest BCUT2D eigenvalue weighted by atomic mass is 16.2. The minimum absolute atomic E-state index is 0.0399. The highest BCUT2D eigenvalue weighted by Gasteiger charge is 2.28. The quantitative estimate of drug-likeness (QED) is 0.209. The van der Waals surface area contributed by atoms with Gasteiger partial charge in [0.1, 0.15) is 29.1 Å². The predicted molar refractivity (Wildman–Crippen MR) is 166 cm³/mol. The van der Waals surface area contributed by atoms with Crippen molar-refractivity contribution in [2.45, 2.75) is 32.4 Å². The van der Waals surface area contributed by atoms with E-state index in [1.165, 1.54) is 17.1 Å². The summed E-state index contributed by atoms with van der Waals surface area (Å²) in [5, 5.41) is 25.2. The van der Waals surface area contributed by atoms with Crippen molar-refractivity contribution in [1.29, 1.82) is 0 Å². The Morgan fingerprint density at radius 2 is 1.85 bits per heavy atom. The maximum atomic E-state index is 13.2. The van der Waals surface area contributed by atoms with Crippen molar-refractivity contribution >= 4 is 28.4 Å². The van der Waals surface area contributed by atoms with Crippen molar-refractivity contribution in [2.24, 2.45) is 0 Å². The molecule has 3 heterocycles. The van der Waals surface area contributed by atoms with Crippen LogP contribution in [0.3, 0.4) is 0 Å². The van der Waals surface area contributed by atoms with Crippen molar-refractivity contribution in [3.63, 3.8) is 0 Å². The van der Waals surface area contributed by atoms with E-state index in [1.54, 1.807) is 31.3 Å². The van der Waals surface area contributed by atoms with Crippen LogP contribution in [0.4, 0.5) is 5.69 Å². The van der Waals surface area contributed by atoms with Crippen LogP contribution in [-0.2, 0) is 13.0 Å². The molecule has 1 atom stereocenters. The molecule has 15 heteroatoms. The molecular formula is C31H27N11O4. The van der Waals surface area contributed by atoms with Crippen LogP contribution in [0.5, 0.6) is 0 Å². The number of aromatic amines is 1. The first kappa shape index (κ1) is 28.6. The number of aromatic nitrogens is 8. The number of nitrogens with one attached hydrogen (secondary N) is 3. The van der Waals surface area contributed by atoms with E-state index in [1.807, 2.05) is 31.2 Å². The van der Waals surface area contributed by atoms with Crippen LogP contribution >= 0.6 is 0 Å². The predicted octanol–water partition coefficient (Wildman–Crippen LogP) is 1.31. The SMILES string of the molecule is Cc1c(-c2nn[nH]n2)ccc2c1CC[C@@H]2NC(=O)c1cc(C(=O)NCc2ccc3cnn(-c4c(N(C)C)c(=O)c4=O)c3c2)ncn1. The molecule has 0 fully saturated rings. The van der Waals surface area contributed by atoms with Crippen LogP contribution < -0.4 is 26.4 Å². The van der Waals surface area contributed by atoms with Crippen molar-refractivity contribution in [2.75, 3.05) is 19.0 Å². The second-order valence-electron chi connectivity index (χ2n) is 11.3. The van der Waals surface area contributed by atoms with Gasteiger partial charge >= 0.3 is 0 Å². The molecule has 2 amide bonds. The first-order valence-corrected chi connectivity index (χ1v) is 14.5. The number of anilines is 1. The summed E-state index contributed by atoms with van der Waals surface area (Å²) in [7, 11) is 3.39. The normalized spacial score (nSPS) is 14.0. The summed E-state index contributed by atoms with van der Waals surface area (Å²) < 4.78 is 1.45. The van der Waals surface area contributed by atoms with Gasteiger partial charge in [-0.2, -0.15) is 10.3 Å². The summed E-state index contributed by atoms with van der Waals surface area (Å²) in [6.45, 7) is 2.15. The van der Waals surface area contributed by atoms with Crippen molar-refractivity contribution < 1.29 is 9.59 Å². The third-order valence-corrected chi connectivity index (χ3v) is 8.33. The molecule has 46 heavy (non-hydrogen) atoms.